The van der Waals surface area contributed by atoms with Crippen molar-refractivity contribution in [1.29, 1.82) is 0 Å². The molecule has 0 aliphatic rings. The Bertz CT molecular complexity index is 626. The predicted molar refractivity (Wildman–Crippen MR) is 79.3 cm³/mol. The molecule has 2 N–H and O–H groups in total. The van der Waals surface area contributed by atoms with Crippen LogP contribution in [-0.4, -0.2) is 28.6 Å². The minimum Gasteiger partial charge on any atom is -0.467 e. The van der Waals surface area contributed by atoms with E-state index >= 15 is 0 Å². The van der Waals surface area contributed by atoms with Crippen LogP contribution in [0.4, 0.5) is 16.3 Å². The molecule has 0 aliphatic carbocycles. The molecule has 0 atom stereocenters. The summed E-state index contributed by atoms with van der Waals surface area (Å²) in [7, 11) is 1.48. The summed E-state index contributed by atoms with van der Waals surface area (Å²) < 4.78 is 18.1. The van der Waals surface area contributed by atoms with Crippen molar-refractivity contribution in [2.45, 2.75) is 13.5 Å². The number of ether oxygens (including phenoxy) is 1. The molecule has 2 aromatic rings. The molecule has 0 bridgehead atoms. The number of rotatable bonds is 6. The molecule has 0 radical (unpaired) electrons. The first-order valence-corrected chi connectivity index (χ1v) is 6.72. The van der Waals surface area contributed by atoms with Gasteiger partial charge in [0.2, 0.25) is 11.9 Å². The number of aromatic nitrogens is 3. The van der Waals surface area contributed by atoms with Crippen molar-refractivity contribution in [1.82, 2.24) is 15.0 Å². The minimum absolute atomic E-state index is 0.0795. The molecule has 0 aliphatic heterocycles. The molecule has 21 heavy (non-hydrogen) atoms. The molecule has 2 rings (SSSR count). The fourth-order valence-corrected chi connectivity index (χ4v) is 1.80. The Kier molecular flexibility index (Phi) is 5.10. The van der Waals surface area contributed by atoms with Gasteiger partial charge in [-0.2, -0.15) is 15.0 Å². The van der Waals surface area contributed by atoms with Crippen LogP contribution in [-0.2, 0) is 6.54 Å². The van der Waals surface area contributed by atoms with Crippen molar-refractivity contribution in [3.05, 3.63) is 34.6 Å². The van der Waals surface area contributed by atoms with Gasteiger partial charge in [-0.1, -0.05) is 17.7 Å². The number of methoxy groups -OCH3 is 1. The van der Waals surface area contributed by atoms with E-state index in [1.54, 1.807) is 12.1 Å². The second-order valence-electron chi connectivity index (χ2n) is 4.10. The first-order valence-electron chi connectivity index (χ1n) is 6.34. The van der Waals surface area contributed by atoms with Crippen LogP contribution in [0.3, 0.4) is 0 Å². The Balaban J connectivity index is 2.11. The fourth-order valence-electron chi connectivity index (χ4n) is 1.59. The van der Waals surface area contributed by atoms with Gasteiger partial charge in [-0.05, 0) is 24.6 Å². The van der Waals surface area contributed by atoms with Gasteiger partial charge in [-0.15, -0.1) is 0 Å². The second kappa shape index (κ2) is 7.03. The first-order chi connectivity index (χ1) is 10.1. The molecule has 1 aromatic heterocycles. The van der Waals surface area contributed by atoms with Crippen LogP contribution in [0.1, 0.15) is 12.5 Å². The van der Waals surface area contributed by atoms with Crippen molar-refractivity contribution in [2.75, 3.05) is 24.3 Å². The number of benzene rings is 1. The summed E-state index contributed by atoms with van der Waals surface area (Å²) >= 11 is 5.74. The lowest BCUT2D eigenvalue weighted by Gasteiger charge is -2.09. The number of nitrogens with one attached hydrogen (secondary N) is 2. The van der Waals surface area contributed by atoms with E-state index in [0.29, 0.717) is 25.0 Å². The minimum atomic E-state index is -0.448. The van der Waals surface area contributed by atoms with Crippen LogP contribution in [0.25, 0.3) is 0 Å². The van der Waals surface area contributed by atoms with Crippen LogP contribution in [0.5, 0.6) is 6.01 Å². The van der Waals surface area contributed by atoms with Crippen molar-refractivity contribution in [3.8, 4) is 6.01 Å². The van der Waals surface area contributed by atoms with E-state index in [2.05, 4.69) is 25.6 Å². The number of hydrogen-bond acceptors (Lipinski definition) is 6. The lowest BCUT2D eigenvalue weighted by Crippen LogP contribution is -2.10. The van der Waals surface area contributed by atoms with E-state index in [0.717, 1.165) is 5.56 Å². The zero-order chi connectivity index (χ0) is 15.2. The zero-order valence-electron chi connectivity index (χ0n) is 11.7. The molecular formula is C13H15ClFN5O. The van der Waals surface area contributed by atoms with E-state index in [9.17, 15) is 4.39 Å². The summed E-state index contributed by atoms with van der Waals surface area (Å²) in [5, 5.41) is 6.08. The maximum Gasteiger partial charge on any atom is 0.322 e. The average Bonchev–Trinajstić information content (AvgIpc) is 2.48. The Labute approximate surface area is 126 Å². The topological polar surface area (TPSA) is 72.0 Å². The number of halogens is 2. The van der Waals surface area contributed by atoms with Gasteiger partial charge in [0.25, 0.3) is 0 Å². The van der Waals surface area contributed by atoms with Crippen molar-refractivity contribution < 1.29 is 9.13 Å². The van der Waals surface area contributed by atoms with Gasteiger partial charge < -0.3 is 15.4 Å². The van der Waals surface area contributed by atoms with Crippen LogP contribution in [0, 0.1) is 5.82 Å². The molecule has 0 saturated heterocycles. The van der Waals surface area contributed by atoms with Crippen LogP contribution in [0.15, 0.2) is 18.2 Å². The van der Waals surface area contributed by atoms with Gasteiger partial charge in [0, 0.05) is 13.1 Å². The molecule has 1 aromatic carbocycles. The van der Waals surface area contributed by atoms with Crippen LogP contribution in [0.2, 0.25) is 5.02 Å². The lowest BCUT2D eigenvalue weighted by atomic mass is 10.2. The van der Waals surface area contributed by atoms with E-state index < -0.39 is 5.82 Å². The fraction of sp³-hybridized carbons (Fsp3) is 0.308. The molecule has 0 spiro atoms. The smallest absolute Gasteiger partial charge is 0.322 e. The highest BCUT2D eigenvalue weighted by Crippen LogP contribution is 2.17. The van der Waals surface area contributed by atoms with Crippen LogP contribution < -0.4 is 15.4 Å². The van der Waals surface area contributed by atoms with Crippen molar-refractivity contribution in [2.24, 2.45) is 0 Å². The van der Waals surface area contributed by atoms with Gasteiger partial charge in [0.05, 0.1) is 12.1 Å². The van der Waals surface area contributed by atoms with Gasteiger partial charge in [-0.25, -0.2) is 4.39 Å². The van der Waals surface area contributed by atoms with E-state index in [4.69, 9.17) is 16.3 Å². The standard InChI is InChI=1S/C13H15ClFN5O/c1-3-16-11-18-12(20-13(19-11)21-2)17-7-8-4-5-10(15)9(14)6-8/h4-6H,3,7H2,1-2H3,(H2,16,17,18,19,20). The number of anilines is 2. The van der Waals surface area contributed by atoms with Crippen molar-refractivity contribution in [3.63, 3.8) is 0 Å². The predicted octanol–water partition coefficient (Wildman–Crippen LogP) is 2.72. The quantitative estimate of drug-likeness (QED) is 0.854. The van der Waals surface area contributed by atoms with Crippen molar-refractivity contribution >= 4 is 23.5 Å². The number of hydrogen-bond donors (Lipinski definition) is 2. The third-order valence-electron chi connectivity index (χ3n) is 2.57. The zero-order valence-corrected chi connectivity index (χ0v) is 12.4. The molecule has 112 valence electrons. The maximum atomic E-state index is 13.1. The summed E-state index contributed by atoms with van der Waals surface area (Å²) in [5.74, 6) is 0.332. The second-order valence-corrected chi connectivity index (χ2v) is 4.51. The van der Waals surface area contributed by atoms with E-state index in [1.165, 1.54) is 13.2 Å². The van der Waals surface area contributed by atoms with Gasteiger partial charge in [0.1, 0.15) is 5.82 Å². The summed E-state index contributed by atoms with van der Waals surface area (Å²) in [6.45, 7) is 3.02. The molecule has 1 heterocycles. The SMILES string of the molecule is CCNc1nc(NCc2ccc(F)c(Cl)c2)nc(OC)n1. The largest absolute Gasteiger partial charge is 0.467 e. The van der Waals surface area contributed by atoms with Gasteiger partial charge in [-0.3, -0.25) is 0 Å². The Morgan fingerprint density at radius 3 is 2.52 bits per heavy atom. The number of nitrogens with zero attached hydrogens (tertiary/aromatic N) is 3. The summed E-state index contributed by atoms with van der Waals surface area (Å²) in [5.41, 5.74) is 0.811. The summed E-state index contributed by atoms with van der Waals surface area (Å²) in [6, 6.07) is 4.71. The normalized spacial score (nSPS) is 10.3. The monoisotopic (exact) mass is 311 g/mol. The molecule has 0 saturated carbocycles. The highest BCUT2D eigenvalue weighted by Gasteiger charge is 2.07. The maximum absolute atomic E-state index is 13.1. The molecule has 0 amide bonds. The lowest BCUT2D eigenvalue weighted by molar-refractivity contribution is 0.379. The summed E-state index contributed by atoms with van der Waals surface area (Å²) in [6.07, 6.45) is 0. The Morgan fingerprint density at radius 1 is 1.19 bits per heavy atom. The third kappa shape index (κ3) is 4.16. The van der Waals surface area contributed by atoms with E-state index in [1.807, 2.05) is 6.92 Å². The van der Waals surface area contributed by atoms with E-state index in [-0.39, 0.29) is 11.0 Å². The van der Waals surface area contributed by atoms with Gasteiger partial charge in [0.15, 0.2) is 0 Å². The third-order valence-corrected chi connectivity index (χ3v) is 2.86. The molecule has 0 unspecified atom stereocenters. The molecule has 0 fully saturated rings. The summed E-state index contributed by atoms with van der Waals surface area (Å²) in [4.78, 5) is 12.3. The Hall–Kier alpha value is -2.15. The van der Waals surface area contributed by atoms with Crippen LogP contribution >= 0.6 is 11.6 Å². The van der Waals surface area contributed by atoms with Gasteiger partial charge >= 0.3 is 6.01 Å². The molecule has 8 heteroatoms. The highest BCUT2D eigenvalue weighted by atomic mass is 35.5. The average molecular weight is 312 g/mol. The molecule has 6 nitrogen and oxygen atoms in total. The Morgan fingerprint density at radius 2 is 1.90 bits per heavy atom. The highest BCUT2D eigenvalue weighted by molar-refractivity contribution is 6.30. The first kappa shape index (κ1) is 15.2. The molecular weight excluding hydrogens is 297 g/mol.